The predicted molar refractivity (Wildman–Crippen MR) is 32.6 cm³/mol. The van der Waals surface area contributed by atoms with Crippen LogP contribution >= 0.6 is 11.8 Å². The Morgan fingerprint density at radius 3 is 2.71 bits per heavy atom. The number of amidine groups is 1. The summed E-state index contributed by atoms with van der Waals surface area (Å²) in [5, 5.41) is 7.10. The number of thioether (sulfide) groups is 1. The van der Waals surface area contributed by atoms with Gasteiger partial charge in [0, 0.05) is 5.75 Å². The number of nitrogens with one attached hydrogen (secondary N) is 2. The third-order valence-corrected chi connectivity index (χ3v) is 0.956. The van der Waals surface area contributed by atoms with Crippen LogP contribution in [0.3, 0.4) is 0 Å². The SMILES string of the molecule is C[CH]SC(=N)NN. The average molecular weight is 118 g/mol. The van der Waals surface area contributed by atoms with Gasteiger partial charge in [-0.05, 0) is 0 Å². The van der Waals surface area contributed by atoms with Gasteiger partial charge in [-0.25, -0.2) is 5.84 Å². The molecule has 0 aliphatic carbocycles. The van der Waals surface area contributed by atoms with Crippen LogP contribution in [-0.2, 0) is 0 Å². The molecule has 0 heterocycles. The van der Waals surface area contributed by atoms with Crippen molar-refractivity contribution in [3.8, 4) is 0 Å². The highest BCUT2D eigenvalue weighted by Gasteiger charge is 1.86. The summed E-state index contributed by atoms with van der Waals surface area (Å²) in [5.41, 5.74) is 2.18. The van der Waals surface area contributed by atoms with E-state index in [0.717, 1.165) is 0 Å². The van der Waals surface area contributed by atoms with Crippen molar-refractivity contribution in [2.45, 2.75) is 6.92 Å². The summed E-state index contributed by atoms with van der Waals surface area (Å²) in [6.45, 7) is 1.84. The van der Waals surface area contributed by atoms with Crippen LogP contribution in [-0.4, -0.2) is 5.17 Å². The van der Waals surface area contributed by atoms with E-state index in [0.29, 0.717) is 0 Å². The highest BCUT2D eigenvalue weighted by Crippen LogP contribution is 2.00. The molecule has 0 fully saturated rings. The van der Waals surface area contributed by atoms with Crippen molar-refractivity contribution in [1.29, 1.82) is 5.41 Å². The first-order valence-electron chi connectivity index (χ1n) is 1.81. The number of hydrogen-bond donors (Lipinski definition) is 3. The van der Waals surface area contributed by atoms with E-state index in [1.54, 1.807) is 5.75 Å². The molecule has 7 heavy (non-hydrogen) atoms. The van der Waals surface area contributed by atoms with E-state index in [2.05, 4.69) is 5.43 Å². The van der Waals surface area contributed by atoms with E-state index in [1.165, 1.54) is 11.8 Å². The Morgan fingerprint density at radius 2 is 2.57 bits per heavy atom. The monoisotopic (exact) mass is 118 g/mol. The van der Waals surface area contributed by atoms with Gasteiger partial charge in [0.1, 0.15) is 0 Å². The largest absolute Gasteiger partial charge is 0.303 e. The molecule has 4 heteroatoms. The van der Waals surface area contributed by atoms with Gasteiger partial charge in [0.2, 0.25) is 0 Å². The fourth-order valence-electron chi connectivity index (χ4n) is 0.152. The number of rotatable bonds is 1. The summed E-state index contributed by atoms with van der Waals surface area (Å²) >= 11 is 1.25. The Labute approximate surface area is 47.1 Å². The minimum atomic E-state index is 0.266. The smallest absolute Gasteiger partial charge is 0.168 e. The Morgan fingerprint density at radius 1 is 2.00 bits per heavy atom. The highest BCUT2D eigenvalue weighted by atomic mass is 32.2. The van der Waals surface area contributed by atoms with Crippen LogP contribution in [0.25, 0.3) is 0 Å². The summed E-state index contributed by atoms with van der Waals surface area (Å²) in [6.07, 6.45) is 0. The molecule has 0 unspecified atom stereocenters. The van der Waals surface area contributed by atoms with Crippen LogP contribution in [0.5, 0.6) is 0 Å². The molecule has 0 amide bonds. The second-order valence-corrected chi connectivity index (χ2v) is 1.94. The lowest BCUT2D eigenvalue weighted by Crippen LogP contribution is -2.26. The van der Waals surface area contributed by atoms with E-state index in [4.69, 9.17) is 11.3 Å². The van der Waals surface area contributed by atoms with Crippen molar-refractivity contribution in [1.82, 2.24) is 5.43 Å². The van der Waals surface area contributed by atoms with E-state index in [9.17, 15) is 0 Å². The van der Waals surface area contributed by atoms with Gasteiger partial charge in [-0.15, -0.1) is 0 Å². The topological polar surface area (TPSA) is 61.9 Å². The fourth-order valence-corrected chi connectivity index (χ4v) is 0.456. The van der Waals surface area contributed by atoms with Crippen LogP contribution in [0, 0.1) is 11.2 Å². The van der Waals surface area contributed by atoms with Gasteiger partial charge >= 0.3 is 0 Å². The maximum Gasteiger partial charge on any atom is 0.168 e. The Bertz CT molecular complexity index is 63.2. The van der Waals surface area contributed by atoms with Gasteiger partial charge in [0.15, 0.2) is 5.17 Å². The summed E-state index contributed by atoms with van der Waals surface area (Å²) < 4.78 is 0. The first-order valence-corrected chi connectivity index (χ1v) is 2.69. The molecule has 41 valence electrons. The minimum Gasteiger partial charge on any atom is -0.303 e. The van der Waals surface area contributed by atoms with E-state index in [-0.39, 0.29) is 5.17 Å². The maximum absolute atomic E-state index is 6.83. The van der Waals surface area contributed by atoms with Crippen LogP contribution in [0.15, 0.2) is 0 Å². The molecule has 0 spiro atoms. The van der Waals surface area contributed by atoms with Crippen LogP contribution < -0.4 is 11.3 Å². The van der Waals surface area contributed by atoms with Crippen LogP contribution in [0.2, 0.25) is 0 Å². The summed E-state index contributed by atoms with van der Waals surface area (Å²) in [7, 11) is 0. The molecule has 0 aromatic heterocycles. The fraction of sp³-hybridized carbons (Fsp3) is 0.333. The Hall–Kier alpha value is -0.220. The second kappa shape index (κ2) is 3.95. The van der Waals surface area contributed by atoms with Gasteiger partial charge in [0.05, 0.1) is 0 Å². The molecule has 0 saturated heterocycles. The third-order valence-electron chi connectivity index (χ3n) is 0.367. The molecule has 1 radical (unpaired) electrons. The lowest BCUT2D eigenvalue weighted by Gasteiger charge is -1.94. The van der Waals surface area contributed by atoms with Gasteiger partial charge in [-0.2, -0.15) is 0 Å². The number of hydrazine groups is 1. The maximum atomic E-state index is 6.83. The minimum absolute atomic E-state index is 0.266. The van der Waals surface area contributed by atoms with Crippen LogP contribution in [0.1, 0.15) is 6.92 Å². The van der Waals surface area contributed by atoms with Crippen molar-refractivity contribution in [3.63, 3.8) is 0 Å². The molecule has 0 rings (SSSR count). The lowest BCUT2D eigenvalue weighted by atomic mass is 11.0. The molecular weight excluding hydrogens is 110 g/mol. The zero-order valence-electron chi connectivity index (χ0n) is 4.06. The van der Waals surface area contributed by atoms with Gasteiger partial charge < -0.3 is 5.43 Å². The molecule has 0 aromatic carbocycles. The van der Waals surface area contributed by atoms with E-state index < -0.39 is 0 Å². The lowest BCUT2D eigenvalue weighted by molar-refractivity contribution is 1.04. The number of hydrogen-bond acceptors (Lipinski definition) is 3. The summed E-state index contributed by atoms with van der Waals surface area (Å²) in [6, 6.07) is 0. The van der Waals surface area contributed by atoms with Crippen molar-refractivity contribution in [3.05, 3.63) is 5.75 Å². The Balaban J connectivity index is 3.00. The van der Waals surface area contributed by atoms with E-state index >= 15 is 0 Å². The zero-order chi connectivity index (χ0) is 5.70. The first-order chi connectivity index (χ1) is 3.31. The Kier molecular flexibility index (Phi) is 3.83. The molecule has 3 nitrogen and oxygen atoms in total. The van der Waals surface area contributed by atoms with Crippen LogP contribution in [0.4, 0.5) is 0 Å². The highest BCUT2D eigenvalue weighted by molar-refractivity contribution is 8.15. The normalized spacial score (nSPS) is 8.29. The molecule has 0 aliphatic heterocycles. The number of nitrogens with two attached hydrogens (primary N) is 1. The van der Waals surface area contributed by atoms with Crippen molar-refractivity contribution < 1.29 is 0 Å². The molecule has 0 aromatic rings. The van der Waals surface area contributed by atoms with Gasteiger partial charge in [0.25, 0.3) is 0 Å². The molecular formula is C3H8N3S. The predicted octanol–water partition coefficient (Wildman–Crippen LogP) is 0.299. The standard InChI is InChI=1S/C3H8N3S/c1-2-7-3(4)6-5/h2H,5H2,1H3,(H2,4,6). The first kappa shape index (κ1) is 6.78. The van der Waals surface area contributed by atoms with Crippen molar-refractivity contribution >= 4 is 16.9 Å². The second-order valence-electron chi connectivity index (χ2n) is 0.827. The average Bonchev–Trinajstić information content (AvgIpc) is 1.68. The van der Waals surface area contributed by atoms with Crippen molar-refractivity contribution in [2.24, 2.45) is 5.84 Å². The molecule has 0 aliphatic rings. The van der Waals surface area contributed by atoms with E-state index in [1.807, 2.05) is 6.92 Å². The molecule has 0 bridgehead atoms. The molecule has 4 N–H and O–H groups in total. The molecule has 0 saturated carbocycles. The summed E-state index contributed by atoms with van der Waals surface area (Å²) in [5.74, 6) is 6.62. The van der Waals surface area contributed by atoms with Gasteiger partial charge in [-0.3, -0.25) is 5.41 Å². The zero-order valence-corrected chi connectivity index (χ0v) is 4.88. The molecule has 0 atom stereocenters. The summed E-state index contributed by atoms with van der Waals surface area (Å²) in [4.78, 5) is 0. The third kappa shape index (κ3) is 3.61. The van der Waals surface area contributed by atoms with Gasteiger partial charge in [-0.1, -0.05) is 18.7 Å². The quantitative estimate of drug-likeness (QED) is 0.201. The van der Waals surface area contributed by atoms with Crippen molar-refractivity contribution in [2.75, 3.05) is 0 Å².